The molecule has 0 aliphatic heterocycles. The quantitative estimate of drug-likeness (QED) is 0.854. The number of halogens is 1. The maximum Gasteiger partial charge on any atom is 0.232 e. The summed E-state index contributed by atoms with van der Waals surface area (Å²) in [5, 5.41) is 3.76. The summed E-state index contributed by atoms with van der Waals surface area (Å²) >= 11 is 5.95. The smallest absolute Gasteiger partial charge is 0.232 e. The standard InChI is InChI=1S/C11H15ClN2O/c1-13-7-8-5-9(6-8)15-11-10(12)3-2-4-14-11/h2-4,8-9,13H,5-7H2,1H3. The molecule has 0 spiro atoms. The number of ether oxygens (including phenoxy) is 1. The average molecular weight is 227 g/mol. The second kappa shape index (κ2) is 4.81. The first kappa shape index (κ1) is 10.7. The van der Waals surface area contributed by atoms with E-state index in [0.717, 1.165) is 25.3 Å². The molecule has 1 aromatic heterocycles. The van der Waals surface area contributed by atoms with Crippen molar-refractivity contribution in [3.63, 3.8) is 0 Å². The average Bonchev–Trinajstić information content (AvgIpc) is 2.18. The molecule has 1 N–H and O–H groups in total. The molecule has 0 unspecified atom stereocenters. The molecule has 1 fully saturated rings. The lowest BCUT2D eigenvalue weighted by Gasteiger charge is -2.34. The summed E-state index contributed by atoms with van der Waals surface area (Å²) in [5.41, 5.74) is 0. The molecule has 0 saturated heterocycles. The van der Waals surface area contributed by atoms with Crippen LogP contribution in [0.3, 0.4) is 0 Å². The van der Waals surface area contributed by atoms with Crippen LogP contribution in [-0.4, -0.2) is 24.7 Å². The number of nitrogens with one attached hydrogen (secondary N) is 1. The van der Waals surface area contributed by atoms with Gasteiger partial charge >= 0.3 is 0 Å². The van der Waals surface area contributed by atoms with Crippen molar-refractivity contribution in [2.45, 2.75) is 18.9 Å². The van der Waals surface area contributed by atoms with Crippen LogP contribution >= 0.6 is 11.6 Å². The molecule has 1 heterocycles. The lowest BCUT2D eigenvalue weighted by molar-refractivity contribution is 0.0618. The van der Waals surface area contributed by atoms with Gasteiger partial charge < -0.3 is 10.1 Å². The molecule has 0 amide bonds. The second-order valence-electron chi connectivity index (χ2n) is 3.93. The fourth-order valence-corrected chi connectivity index (χ4v) is 2.01. The Morgan fingerprint density at radius 1 is 1.60 bits per heavy atom. The number of rotatable bonds is 4. The monoisotopic (exact) mass is 226 g/mol. The van der Waals surface area contributed by atoms with Crippen molar-refractivity contribution in [3.8, 4) is 5.88 Å². The van der Waals surface area contributed by atoms with Gasteiger partial charge in [-0.05, 0) is 44.5 Å². The van der Waals surface area contributed by atoms with Gasteiger partial charge in [-0.1, -0.05) is 11.6 Å². The Balaban J connectivity index is 1.82. The van der Waals surface area contributed by atoms with Gasteiger partial charge in [0.05, 0.1) is 0 Å². The fourth-order valence-electron chi connectivity index (χ4n) is 1.84. The van der Waals surface area contributed by atoms with Crippen LogP contribution < -0.4 is 10.1 Å². The van der Waals surface area contributed by atoms with Crippen LogP contribution in [-0.2, 0) is 0 Å². The molecule has 0 aromatic carbocycles. The van der Waals surface area contributed by atoms with Crippen molar-refractivity contribution >= 4 is 11.6 Å². The Kier molecular flexibility index (Phi) is 3.44. The third-order valence-electron chi connectivity index (χ3n) is 2.69. The van der Waals surface area contributed by atoms with Gasteiger partial charge in [-0.3, -0.25) is 0 Å². The van der Waals surface area contributed by atoms with E-state index in [0.29, 0.717) is 10.9 Å². The highest BCUT2D eigenvalue weighted by Crippen LogP contribution is 2.32. The predicted octanol–water partition coefficient (Wildman–Crippen LogP) is 2.11. The molecule has 1 aromatic rings. The van der Waals surface area contributed by atoms with Crippen LogP contribution in [0, 0.1) is 5.92 Å². The minimum absolute atomic E-state index is 0.288. The summed E-state index contributed by atoms with van der Waals surface area (Å²) in [7, 11) is 1.98. The topological polar surface area (TPSA) is 34.1 Å². The van der Waals surface area contributed by atoms with E-state index >= 15 is 0 Å². The molecule has 1 saturated carbocycles. The molecular weight excluding hydrogens is 212 g/mol. The highest BCUT2D eigenvalue weighted by molar-refractivity contribution is 6.31. The largest absolute Gasteiger partial charge is 0.473 e. The number of hydrogen-bond acceptors (Lipinski definition) is 3. The lowest BCUT2D eigenvalue weighted by Crippen LogP contribution is -2.38. The highest BCUT2D eigenvalue weighted by Gasteiger charge is 2.30. The van der Waals surface area contributed by atoms with Crippen molar-refractivity contribution in [3.05, 3.63) is 23.4 Å². The van der Waals surface area contributed by atoms with Crippen LogP contribution in [0.4, 0.5) is 0 Å². The van der Waals surface area contributed by atoms with Crippen LogP contribution in [0.5, 0.6) is 5.88 Å². The molecule has 82 valence electrons. The third kappa shape index (κ3) is 2.61. The molecule has 3 nitrogen and oxygen atoms in total. The number of pyridine rings is 1. The predicted molar refractivity (Wildman–Crippen MR) is 60.3 cm³/mol. The summed E-state index contributed by atoms with van der Waals surface area (Å²) in [6.45, 7) is 1.07. The first-order valence-corrected chi connectivity index (χ1v) is 5.59. The van der Waals surface area contributed by atoms with Crippen molar-refractivity contribution in [1.29, 1.82) is 0 Å². The van der Waals surface area contributed by atoms with Crippen molar-refractivity contribution in [2.24, 2.45) is 5.92 Å². The van der Waals surface area contributed by atoms with Gasteiger partial charge in [0.2, 0.25) is 5.88 Å². The zero-order valence-corrected chi connectivity index (χ0v) is 9.50. The molecule has 2 rings (SSSR count). The van der Waals surface area contributed by atoms with Gasteiger partial charge in [-0.2, -0.15) is 0 Å². The van der Waals surface area contributed by atoms with Gasteiger partial charge in [-0.15, -0.1) is 0 Å². The first-order chi connectivity index (χ1) is 7.29. The number of aromatic nitrogens is 1. The van der Waals surface area contributed by atoms with E-state index in [9.17, 15) is 0 Å². The van der Waals surface area contributed by atoms with Crippen LogP contribution in [0.15, 0.2) is 18.3 Å². The normalized spacial score (nSPS) is 24.7. The maximum absolute atomic E-state index is 5.95. The van der Waals surface area contributed by atoms with E-state index in [4.69, 9.17) is 16.3 Å². The molecular formula is C11H15ClN2O. The minimum atomic E-state index is 0.288. The van der Waals surface area contributed by atoms with Gasteiger partial charge in [0.25, 0.3) is 0 Å². The van der Waals surface area contributed by atoms with Crippen molar-refractivity contribution in [2.75, 3.05) is 13.6 Å². The lowest BCUT2D eigenvalue weighted by atomic mass is 9.82. The minimum Gasteiger partial charge on any atom is -0.473 e. The fraction of sp³-hybridized carbons (Fsp3) is 0.545. The van der Waals surface area contributed by atoms with Crippen LogP contribution in [0.2, 0.25) is 5.02 Å². The summed E-state index contributed by atoms with van der Waals surface area (Å²) in [4.78, 5) is 4.10. The summed E-state index contributed by atoms with van der Waals surface area (Å²) in [6, 6.07) is 3.60. The summed E-state index contributed by atoms with van der Waals surface area (Å²) in [6.07, 6.45) is 4.17. The number of nitrogens with zero attached hydrogens (tertiary/aromatic N) is 1. The Hall–Kier alpha value is -0.800. The third-order valence-corrected chi connectivity index (χ3v) is 2.98. The molecule has 15 heavy (non-hydrogen) atoms. The molecule has 0 radical (unpaired) electrons. The number of hydrogen-bond donors (Lipinski definition) is 1. The van der Waals surface area contributed by atoms with Crippen LogP contribution in [0.25, 0.3) is 0 Å². The van der Waals surface area contributed by atoms with E-state index in [-0.39, 0.29) is 6.10 Å². The molecule has 0 bridgehead atoms. The Morgan fingerprint density at radius 3 is 3.07 bits per heavy atom. The molecule has 1 aliphatic rings. The molecule has 1 aliphatic carbocycles. The van der Waals surface area contributed by atoms with E-state index in [2.05, 4.69) is 10.3 Å². The zero-order valence-electron chi connectivity index (χ0n) is 8.74. The molecule has 0 atom stereocenters. The Bertz CT molecular complexity index is 326. The second-order valence-corrected chi connectivity index (χ2v) is 4.33. The maximum atomic E-state index is 5.95. The van der Waals surface area contributed by atoms with Crippen molar-refractivity contribution < 1.29 is 4.74 Å². The van der Waals surface area contributed by atoms with Crippen molar-refractivity contribution in [1.82, 2.24) is 10.3 Å². The van der Waals surface area contributed by atoms with E-state index < -0.39 is 0 Å². The SMILES string of the molecule is CNCC1CC(Oc2ncccc2Cl)C1. The summed E-state index contributed by atoms with van der Waals surface area (Å²) in [5.74, 6) is 1.30. The highest BCUT2D eigenvalue weighted by atomic mass is 35.5. The Labute approximate surface area is 94.8 Å². The first-order valence-electron chi connectivity index (χ1n) is 5.21. The zero-order chi connectivity index (χ0) is 10.7. The van der Waals surface area contributed by atoms with Gasteiger partial charge in [0, 0.05) is 6.20 Å². The van der Waals surface area contributed by atoms with Gasteiger partial charge in [0.15, 0.2) is 0 Å². The molecule has 4 heteroatoms. The van der Waals surface area contributed by atoms with Crippen LogP contribution in [0.1, 0.15) is 12.8 Å². The van der Waals surface area contributed by atoms with E-state index in [1.165, 1.54) is 0 Å². The summed E-state index contributed by atoms with van der Waals surface area (Å²) < 4.78 is 5.69. The van der Waals surface area contributed by atoms with Gasteiger partial charge in [0.1, 0.15) is 11.1 Å². The van der Waals surface area contributed by atoms with E-state index in [1.54, 1.807) is 18.3 Å². The van der Waals surface area contributed by atoms with E-state index in [1.807, 2.05) is 7.05 Å². The van der Waals surface area contributed by atoms with Gasteiger partial charge in [-0.25, -0.2) is 4.98 Å². The Morgan fingerprint density at radius 2 is 2.40 bits per heavy atom.